The van der Waals surface area contributed by atoms with Gasteiger partial charge >= 0.3 is 0 Å². The van der Waals surface area contributed by atoms with Crippen molar-refractivity contribution in [3.63, 3.8) is 0 Å². The third-order valence-electron chi connectivity index (χ3n) is 2.46. The number of sulfone groups is 1. The van der Waals surface area contributed by atoms with Crippen LogP contribution in [0.3, 0.4) is 0 Å². The molecular weight excluding hydrogens is 200 g/mol. The van der Waals surface area contributed by atoms with Crippen LogP contribution in [0, 0.1) is 6.92 Å². The van der Waals surface area contributed by atoms with Crippen molar-refractivity contribution in [2.75, 3.05) is 0 Å². The summed E-state index contributed by atoms with van der Waals surface area (Å²) in [6.07, 6.45) is 1.53. The summed E-state index contributed by atoms with van der Waals surface area (Å²) < 4.78 is 23.6. The smallest absolute Gasteiger partial charge is 0.181 e. The lowest BCUT2D eigenvalue weighted by atomic mass is 10.2. The van der Waals surface area contributed by atoms with Crippen molar-refractivity contribution >= 4 is 9.84 Å². The third-order valence-corrected chi connectivity index (χ3v) is 4.72. The first-order valence-electron chi connectivity index (χ1n) is 4.55. The first kappa shape index (κ1) is 9.52. The molecule has 0 aromatic heterocycles. The zero-order chi connectivity index (χ0) is 10.3. The van der Waals surface area contributed by atoms with E-state index in [1.165, 1.54) is 18.2 Å². The van der Waals surface area contributed by atoms with Gasteiger partial charge in [-0.2, -0.15) is 0 Å². The first-order chi connectivity index (χ1) is 6.51. The van der Waals surface area contributed by atoms with Crippen LogP contribution in [0.1, 0.15) is 18.4 Å². The Morgan fingerprint density at radius 2 is 2.00 bits per heavy atom. The molecule has 0 bridgehead atoms. The highest BCUT2D eigenvalue weighted by Crippen LogP contribution is 2.34. The molecular formula is C10H12O3S. The highest BCUT2D eigenvalue weighted by Gasteiger charge is 2.36. The zero-order valence-corrected chi connectivity index (χ0v) is 8.71. The van der Waals surface area contributed by atoms with E-state index >= 15 is 0 Å². The average Bonchev–Trinajstić information content (AvgIpc) is 2.92. The maximum atomic E-state index is 11.8. The fourth-order valence-corrected chi connectivity index (χ4v) is 3.12. The topological polar surface area (TPSA) is 54.4 Å². The van der Waals surface area contributed by atoms with Gasteiger partial charge in [0.1, 0.15) is 5.75 Å². The second kappa shape index (κ2) is 2.98. The molecule has 2 rings (SSSR count). The molecule has 1 aromatic rings. The van der Waals surface area contributed by atoms with Crippen LogP contribution in [-0.2, 0) is 9.84 Å². The number of aryl methyl sites for hydroxylation is 1. The van der Waals surface area contributed by atoms with Gasteiger partial charge in [-0.3, -0.25) is 0 Å². The van der Waals surface area contributed by atoms with Crippen molar-refractivity contribution < 1.29 is 13.5 Å². The molecule has 0 atom stereocenters. The first-order valence-corrected chi connectivity index (χ1v) is 6.10. The molecule has 1 aromatic carbocycles. The van der Waals surface area contributed by atoms with Crippen molar-refractivity contribution in [1.29, 1.82) is 0 Å². The largest absolute Gasteiger partial charge is 0.508 e. The Kier molecular flexibility index (Phi) is 2.03. The van der Waals surface area contributed by atoms with Gasteiger partial charge in [0.2, 0.25) is 0 Å². The summed E-state index contributed by atoms with van der Waals surface area (Å²) >= 11 is 0. The second-order valence-corrected chi connectivity index (χ2v) is 5.92. The molecule has 0 saturated heterocycles. The molecule has 1 fully saturated rings. The lowest BCUT2D eigenvalue weighted by Gasteiger charge is -2.04. The zero-order valence-electron chi connectivity index (χ0n) is 7.90. The van der Waals surface area contributed by atoms with E-state index < -0.39 is 9.84 Å². The van der Waals surface area contributed by atoms with Crippen LogP contribution in [0.15, 0.2) is 23.1 Å². The summed E-state index contributed by atoms with van der Waals surface area (Å²) in [4.78, 5) is 0.329. The quantitative estimate of drug-likeness (QED) is 0.810. The molecule has 0 amide bonds. The van der Waals surface area contributed by atoms with Crippen LogP contribution in [0.4, 0.5) is 0 Å². The molecule has 1 saturated carbocycles. The standard InChI is InChI=1S/C10H12O3S/c1-7-6-9(4-5-10(7)11)14(12,13)8-2-3-8/h4-6,8,11H,2-3H2,1H3. The molecule has 76 valence electrons. The molecule has 0 unspecified atom stereocenters. The molecule has 3 nitrogen and oxygen atoms in total. The van der Waals surface area contributed by atoms with Crippen molar-refractivity contribution in [1.82, 2.24) is 0 Å². The summed E-state index contributed by atoms with van der Waals surface area (Å²) in [5.41, 5.74) is 0.603. The van der Waals surface area contributed by atoms with Crippen LogP contribution < -0.4 is 0 Å². The number of rotatable bonds is 2. The van der Waals surface area contributed by atoms with Gasteiger partial charge in [-0.05, 0) is 43.5 Å². The molecule has 1 N–H and O–H groups in total. The van der Waals surface area contributed by atoms with Gasteiger partial charge < -0.3 is 5.11 Å². The minimum Gasteiger partial charge on any atom is -0.508 e. The predicted molar refractivity (Wildman–Crippen MR) is 53.1 cm³/mol. The number of hydrogen-bond donors (Lipinski definition) is 1. The summed E-state index contributed by atoms with van der Waals surface area (Å²) in [5.74, 6) is 0.139. The monoisotopic (exact) mass is 212 g/mol. The number of benzene rings is 1. The van der Waals surface area contributed by atoms with Gasteiger partial charge in [0.25, 0.3) is 0 Å². The van der Waals surface area contributed by atoms with E-state index in [9.17, 15) is 13.5 Å². The van der Waals surface area contributed by atoms with Crippen LogP contribution in [0.5, 0.6) is 5.75 Å². The molecule has 0 spiro atoms. The minimum atomic E-state index is -3.12. The fourth-order valence-electron chi connectivity index (χ4n) is 1.38. The Morgan fingerprint density at radius 1 is 1.36 bits per heavy atom. The third kappa shape index (κ3) is 1.50. The molecule has 1 aliphatic rings. The fraction of sp³-hybridized carbons (Fsp3) is 0.400. The number of phenols is 1. The molecule has 14 heavy (non-hydrogen) atoms. The summed E-state index contributed by atoms with van der Waals surface area (Å²) in [7, 11) is -3.12. The van der Waals surface area contributed by atoms with E-state index in [0.717, 1.165) is 12.8 Å². The highest BCUT2D eigenvalue weighted by molar-refractivity contribution is 7.92. The van der Waals surface area contributed by atoms with Crippen molar-refractivity contribution in [3.05, 3.63) is 23.8 Å². The van der Waals surface area contributed by atoms with Crippen LogP contribution in [0.2, 0.25) is 0 Å². The maximum Gasteiger partial charge on any atom is 0.181 e. The van der Waals surface area contributed by atoms with Gasteiger partial charge in [-0.1, -0.05) is 0 Å². The predicted octanol–water partition coefficient (Wildman–Crippen LogP) is 1.64. The Balaban J connectivity index is 2.46. The van der Waals surface area contributed by atoms with E-state index in [1.807, 2.05) is 0 Å². The Hall–Kier alpha value is -1.03. The summed E-state index contributed by atoms with van der Waals surface area (Å²) in [6.45, 7) is 1.70. The van der Waals surface area contributed by atoms with Crippen molar-refractivity contribution in [3.8, 4) is 5.75 Å². The lowest BCUT2D eigenvalue weighted by molar-refractivity contribution is 0.470. The lowest BCUT2D eigenvalue weighted by Crippen LogP contribution is -2.06. The van der Waals surface area contributed by atoms with Gasteiger partial charge in [0.05, 0.1) is 10.1 Å². The van der Waals surface area contributed by atoms with Crippen LogP contribution >= 0.6 is 0 Å². The number of hydrogen-bond acceptors (Lipinski definition) is 3. The Bertz CT molecular complexity index is 458. The van der Waals surface area contributed by atoms with Gasteiger partial charge in [0, 0.05) is 0 Å². The summed E-state index contributed by atoms with van der Waals surface area (Å²) in [6, 6.07) is 4.43. The van der Waals surface area contributed by atoms with Crippen molar-refractivity contribution in [2.24, 2.45) is 0 Å². The number of phenolic OH excluding ortho intramolecular Hbond substituents is 1. The van der Waals surface area contributed by atoms with Gasteiger partial charge in [-0.15, -0.1) is 0 Å². The minimum absolute atomic E-state index is 0.139. The van der Waals surface area contributed by atoms with E-state index in [0.29, 0.717) is 10.5 Å². The molecule has 4 heteroatoms. The maximum absolute atomic E-state index is 11.8. The second-order valence-electron chi connectivity index (χ2n) is 3.69. The van der Waals surface area contributed by atoms with Gasteiger partial charge in [-0.25, -0.2) is 8.42 Å². The van der Waals surface area contributed by atoms with E-state index in [1.54, 1.807) is 6.92 Å². The molecule has 0 radical (unpaired) electrons. The molecule has 0 heterocycles. The average molecular weight is 212 g/mol. The van der Waals surface area contributed by atoms with E-state index in [2.05, 4.69) is 0 Å². The van der Waals surface area contributed by atoms with E-state index in [-0.39, 0.29) is 11.0 Å². The highest BCUT2D eigenvalue weighted by atomic mass is 32.2. The van der Waals surface area contributed by atoms with E-state index in [4.69, 9.17) is 0 Å². The summed E-state index contributed by atoms with van der Waals surface area (Å²) in [5, 5.41) is 9.08. The normalized spacial score (nSPS) is 16.9. The number of aromatic hydroxyl groups is 1. The van der Waals surface area contributed by atoms with Crippen LogP contribution in [0.25, 0.3) is 0 Å². The van der Waals surface area contributed by atoms with Gasteiger partial charge in [0.15, 0.2) is 9.84 Å². The Morgan fingerprint density at radius 3 is 2.50 bits per heavy atom. The van der Waals surface area contributed by atoms with Crippen LogP contribution in [-0.4, -0.2) is 18.8 Å². The molecule has 0 aliphatic heterocycles. The Labute approximate surface area is 83.3 Å². The van der Waals surface area contributed by atoms with Crippen molar-refractivity contribution in [2.45, 2.75) is 29.9 Å². The SMILES string of the molecule is Cc1cc(S(=O)(=O)C2CC2)ccc1O. The molecule has 1 aliphatic carbocycles.